The van der Waals surface area contributed by atoms with Gasteiger partial charge in [-0.25, -0.2) is 4.39 Å². The van der Waals surface area contributed by atoms with E-state index >= 15 is 0 Å². The van der Waals surface area contributed by atoms with Crippen LogP contribution >= 0.6 is 23.5 Å². The summed E-state index contributed by atoms with van der Waals surface area (Å²) in [6.45, 7) is 1.35. The Hall–Kier alpha value is -1.63. The normalized spacial score (nSPS) is 10.8. The van der Waals surface area contributed by atoms with Gasteiger partial charge >= 0.3 is 0 Å². The number of halogens is 2. The second kappa shape index (κ2) is 9.01. The van der Waals surface area contributed by atoms with E-state index in [4.69, 9.17) is 21.1 Å². The molecule has 0 amide bonds. The lowest BCUT2D eigenvalue weighted by molar-refractivity contribution is 0.261. The quantitative estimate of drug-likeness (QED) is 0.689. The summed E-state index contributed by atoms with van der Waals surface area (Å²) in [7, 11) is 5.40. The van der Waals surface area contributed by atoms with Crippen LogP contribution in [0.2, 0.25) is 5.02 Å². The van der Waals surface area contributed by atoms with E-state index in [1.165, 1.54) is 25.1 Å². The van der Waals surface area contributed by atoms with Crippen molar-refractivity contribution in [2.75, 3.05) is 39.1 Å². The lowest BCUT2D eigenvalue weighted by Gasteiger charge is -2.13. The van der Waals surface area contributed by atoms with Gasteiger partial charge in [-0.1, -0.05) is 11.6 Å². The summed E-state index contributed by atoms with van der Waals surface area (Å²) in [4.78, 5) is 2.77. The molecule has 0 heterocycles. The zero-order valence-corrected chi connectivity index (χ0v) is 15.4. The van der Waals surface area contributed by atoms with E-state index in [1.54, 1.807) is 18.2 Å². The van der Waals surface area contributed by atoms with Crippen LogP contribution in [0.5, 0.6) is 11.5 Å². The predicted octanol–water partition coefficient (Wildman–Crippen LogP) is 4.55. The largest absolute Gasteiger partial charge is 0.494 e. The fourth-order valence-electron chi connectivity index (χ4n) is 1.84. The van der Waals surface area contributed by atoms with Crippen molar-refractivity contribution in [1.82, 2.24) is 4.90 Å². The average molecular weight is 371 g/mol. The third-order valence-electron chi connectivity index (χ3n) is 3.14. The highest BCUT2D eigenvalue weighted by Crippen LogP contribution is 2.31. The van der Waals surface area contributed by atoms with Crippen LogP contribution in [0.3, 0.4) is 0 Å². The smallest absolute Gasteiger partial charge is 0.166 e. The van der Waals surface area contributed by atoms with Gasteiger partial charge in [0.2, 0.25) is 0 Å². The van der Waals surface area contributed by atoms with Gasteiger partial charge in [-0.2, -0.15) is 0 Å². The molecule has 0 unspecified atom stereocenters. The number of nitrogens with zero attached hydrogens (tertiary/aromatic N) is 1. The maximum absolute atomic E-state index is 13.7. The second-order valence-corrected chi connectivity index (χ2v) is 6.58. The van der Waals surface area contributed by atoms with Crippen LogP contribution in [0.25, 0.3) is 0 Å². The number of nitrogens with one attached hydrogen (secondary N) is 1. The highest BCUT2D eigenvalue weighted by molar-refractivity contribution is 8.00. The standard InChI is InChI=1S/C17H20ClFN2O2S/c1-21(2)8-9-23-17-10-12(4-6-14(17)18)20-24-13-5-7-16(22-3)15(19)11-13/h4-7,10-11,20H,8-9H2,1-3H3. The fourth-order valence-corrected chi connectivity index (χ4v) is 2.68. The molecule has 0 bridgehead atoms. The molecule has 4 nitrogen and oxygen atoms in total. The molecule has 2 aromatic rings. The van der Waals surface area contributed by atoms with Gasteiger partial charge in [-0.15, -0.1) is 0 Å². The third-order valence-corrected chi connectivity index (χ3v) is 4.28. The van der Waals surface area contributed by atoms with Crippen LogP contribution in [-0.4, -0.2) is 39.3 Å². The summed E-state index contributed by atoms with van der Waals surface area (Å²) >= 11 is 7.44. The maximum atomic E-state index is 13.7. The van der Waals surface area contributed by atoms with Crippen molar-refractivity contribution in [1.29, 1.82) is 0 Å². The number of hydrogen-bond acceptors (Lipinski definition) is 5. The van der Waals surface area contributed by atoms with Gasteiger partial charge in [-0.05, 0) is 56.4 Å². The van der Waals surface area contributed by atoms with Crippen molar-refractivity contribution in [3.05, 3.63) is 47.2 Å². The number of ether oxygens (including phenoxy) is 2. The van der Waals surface area contributed by atoms with E-state index in [-0.39, 0.29) is 5.75 Å². The molecule has 2 rings (SSSR count). The summed E-state index contributed by atoms with van der Waals surface area (Å²) in [5, 5.41) is 0.555. The van der Waals surface area contributed by atoms with Crippen LogP contribution < -0.4 is 14.2 Å². The highest BCUT2D eigenvalue weighted by Gasteiger charge is 2.06. The number of hydrogen-bond donors (Lipinski definition) is 1. The molecule has 24 heavy (non-hydrogen) atoms. The Morgan fingerprint density at radius 1 is 1.17 bits per heavy atom. The zero-order chi connectivity index (χ0) is 17.5. The van der Waals surface area contributed by atoms with E-state index in [0.29, 0.717) is 17.4 Å². The first kappa shape index (κ1) is 18.7. The molecule has 0 fully saturated rings. The van der Waals surface area contributed by atoms with E-state index in [1.807, 2.05) is 31.1 Å². The molecule has 1 N–H and O–H groups in total. The summed E-state index contributed by atoms with van der Waals surface area (Å²) in [6, 6.07) is 10.2. The summed E-state index contributed by atoms with van der Waals surface area (Å²) in [6.07, 6.45) is 0. The number of anilines is 1. The summed E-state index contributed by atoms with van der Waals surface area (Å²) in [5.74, 6) is 0.445. The number of rotatable bonds is 8. The highest BCUT2D eigenvalue weighted by atomic mass is 35.5. The van der Waals surface area contributed by atoms with Crippen molar-refractivity contribution >= 4 is 29.2 Å². The SMILES string of the molecule is COc1ccc(SNc2ccc(Cl)c(OCCN(C)C)c2)cc1F. The van der Waals surface area contributed by atoms with Gasteiger partial charge in [0.05, 0.1) is 12.1 Å². The molecule has 0 aliphatic carbocycles. The Bertz CT molecular complexity index is 686. The van der Waals surface area contributed by atoms with Crippen molar-refractivity contribution < 1.29 is 13.9 Å². The van der Waals surface area contributed by atoms with Crippen LogP contribution in [-0.2, 0) is 0 Å². The molecular weight excluding hydrogens is 351 g/mol. The van der Waals surface area contributed by atoms with Gasteiger partial charge < -0.3 is 19.1 Å². The molecule has 2 aromatic carbocycles. The van der Waals surface area contributed by atoms with Crippen molar-refractivity contribution in [3.63, 3.8) is 0 Å². The Morgan fingerprint density at radius 2 is 1.96 bits per heavy atom. The first-order chi connectivity index (χ1) is 11.5. The van der Waals surface area contributed by atoms with E-state index < -0.39 is 5.82 Å². The number of benzene rings is 2. The molecule has 0 saturated carbocycles. The van der Waals surface area contributed by atoms with Gasteiger partial charge in [-0.3, -0.25) is 0 Å². The molecule has 130 valence electrons. The van der Waals surface area contributed by atoms with Crippen LogP contribution in [0.4, 0.5) is 10.1 Å². The van der Waals surface area contributed by atoms with Gasteiger partial charge in [0, 0.05) is 23.2 Å². The van der Waals surface area contributed by atoms with E-state index in [2.05, 4.69) is 4.72 Å². The molecule has 0 radical (unpaired) electrons. The minimum absolute atomic E-state index is 0.224. The molecule has 0 saturated heterocycles. The molecule has 7 heteroatoms. The monoisotopic (exact) mass is 370 g/mol. The van der Waals surface area contributed by atoms with Gasteiger partial charge in [0.25, 0.3) is 0 Å². The van der Waals surface area contributed by atoms with Crippen molar-refractivity contribution in [2.45, 2.75) is 4.90 Å². The predicted molar refractivity (Wildman–Crippen MR) is 97.9 cm³/mol. The molecule has 0 aromatic heterocycles. The van der Waals surface area contributed by atoms with Gasteiger partial charge in [0.1, 0.15) is 12.4 Å². The van der Waals surface area contributed by atoms with E-state index in [9.17, 15) is 4.39 Å². The van der Waals surface area contributed by atoms with Crippen LogP contribution in [0.1, 0.15) is 0 Å². The van der Waals surface area contributed by atoms with Crippen LogP contribution in [0, 0.1) is 5.82 Å². The first-order valence-corrected chi connectivity index (χ1v) is 8.52. The minimum Gasteiger partial charge on any atom is -0.494 e. The molecule has 0 atom stereocenters. The van der Waals surface area contributed by atoms with Crippen molar-refractivity contribution in [3.8, 4) is 11.5 Å². The molecular formula is C17H20ClFN2O2S. The summed E-state index contributed by atoms with van der Waals surface area (Å²) < 4.78 is 27.4. The lowest BCUT2D eigenvalue weighted by Crippen LogP contribution is -2.19. The third kappa shape index (κ3) is 5.47. The van der Waals surface area contributed by atoms with E-state index in [0.717, 1.165) is 17.1 Å². The van der Waals surface area contributed by atoms with Crippen molar-refractivity contribution in [2.24, 2.45) is 0 Å². The van der Waals surface area contributed by atoms with Gasteiger partial charge in [0.15, 0.2) is 11.6 Å². The number of methoxy groups -OCH3 is 1. The molecule has 0 aliphatic rings. The Morgan fingerprint density at radius 3 is 2.62 bits per heavy atom. The topological polar surface area (TPSA) is 33.7 Å². The Labute approximate surface area is 151 Å². The van der Waals surface area contributed by atoms with Crippen LogP contribution in [0.15, 0.2) is 41.3 Å². The molecule has 0 spiro atoms. The average Bonchev–Trinajstić information content (AvgIpc) is 2.55. The summed E-state index contributed by atoms with van der Waals surface area (Å²) in [5.41, 5.74) is 0.820. The second-order valence-electron chi connectivity index (χ2n) is 5.30. The Balaban J connectivity index is 1.98. The fraction of sp³-hybridized carbons (Fsp3) is 0.294. The first-order valence-electron chi connectivity index (χ1n) is 7.33. The molecule has 0 aliphatic heterocycles. The lowest BCUT2D eigenvalue weighted by atomic mass is 10.3. The Kier molecular flexibility index (Phi) is 7.02. The number of likely N-dealkylation sites (N-methyl/N-ethyl adjacent to an activating group) is 1. The zero-order valence-electron chi connectivity index (χ0n) is 13.8. The minimum atomic E-state index is -0.395. The maximum Gasteiger partial charge on any atom is 0.166 e.